The normalized spacial score (nSPS) is 12.3. The zero-order chi connectivity index (χ0) is 27.9. The molecule has 0 rings (SSSR count). The van der Waals surface area contributed by atoms with Crippen molar-refractivity contribution in [2.45, 2.75) is 193 Å². The monoisotopic (exact) mass is 536 g/mol. The van der Waals surface area contributed by atoms with Gasteiger partial charge in [0.25, 0.3) is 0 Å². The first-order chi connectivity index (χ1) is 18.6. The van der Waals surface area contributed by atoms with Crippen LogP contribution in [0.5, 0.6) is 0 Å². The fraction of sp³-hybridized carbons (Fsp3) is 0.882. The van der Waals surface area contributed by atoms with Gasteiger partial charge < -0.3 is 9.84 Å². The van der Waals surface area contributed by atoms with Crippen LogP contribution < -0.4 is 0 Å². The minimum Gasteiger partial charge on any atom is -0.481 e. The topological polar surface area (TPSA) is 63.6 Å². The molecule has 0 bridgehead atoms. The molecule has 38 heavy (non-hydrogen) atoms. The highest BCUT2D eigenvalue weighted by atomic mass is 16.5. The first-order valence-corrected chi connectivity index (χ1v) is 16.7. The van der Waals surface area contributed by atoms with Crippen molar-refractivity contribution in [2.75, 3.05) is 0 Å². The van der Waals surface area contributed by atoms with Crippen molar-refractivity contribution >= 4 is 11.9 Å². The van der Waals surface area contributed by atoms with E-state index in [-0.39, 0.29) is 18.5 Å². The molecule has 0 radical (unpaired) electrons. The van der Waals surface area contributed by atoms with Crippen LogP contribution in [0.15, 0.2) is 12.2 Å². The number of ether oxygens (including phenoxy) is 1. The predicted molar refractivity (Wildman–Crippen MR) is 163 cm³/mol. The molecule has 0 aromatic heterocycles. The van der Waals surface area contributed by atoms with Crippen molar-refractivity contribution in [2.24, 2.45) is 0 Å². The van der Waals surface area contributed by atoms with Gasteiger partial charge in [0.1, 0.15) is 6.10 Å². The Kier molecular flexibility index (Phi) is 29.2. The lowest BCUT2D eigenvalue weighted by Crippen LogP contribution is -2.18. The number of carbonyl (C=O) groups is 2. The average Bonchev–Trinajstić information content (AvgIpc) is 2.89. The Bertz CT molecular complexity index is 543. The van der Waals surface area contributed by atoms with Gasteiger partial charge in [0.05, 0.1) is 0 Å². The molecule has 0 aliphatic rings. The van der Waals surface area contributed by atoms with Gasteiger partial charge in [0, 0.05) is 12.8 Å². The Labute approximate surface area is 236 Å². The Hall–Kier alpha value is -1.32. The van der Waals surface area contributed by atoms with Gasteiger partial charge in [-0.25, -0.2) is 0 Å². The number of esters is 1. The van der Waals surface area contributed by atoms with E-state index in [0.717, 1.165) is 44.9 Å². The van der Waals surface area contributed by atoms with E-state index in [1.54, 1.807) is 0 Å². The number of hydrogen-bond acceptors (Lipinski definition) is 3. The third-order valence-electron chi connectivity index (χ3n) is 7.49. The average molecular weight is 537 g/mol. The van der Waals surface area contributed by atoms with E-state index in [0.29, 0.717) is 12.8 Å². The van der Waals surface area contributed by atoms with E-state index in [1.165, 1.54) is 109 Å². The first kappa shape index (κ1) is 36.7. The van der Waals surface area contributed by atoms with E-state index in [9.17, 15) is 9.59 Å². The maximum Gasteiger partial charge on any atom is 0.306 e. The van der Waals surface area contributed by atoms with E-state index in [2.05, 4.69) is 26.0 Å². The molecular formula is C34H64O4. The summed E-state index contributed by atoms with van der Waals surface area (Å²) in [7, 11) is 0. The lowest BCUT2D eigenvalue weighted by Gasteiger charge is -2.18. The molecule has 1 unspecified atom stereocenters. The number of hydrogen-bond donors (Lipinski definition) is 1. The molecule has 4 nitrogen and oxygen atoms in total. The molecule has 224 valence electrons. The first-order valence-electron chi connectivity index (χ1n) is 16.7. The molecule has 0 aliphatic carbocycles. The van der Waals surface area contributed by atoms with Crippen LogP contribution in [-0.2, 0) is 14.3 Å². The van der Waals surface area contributed by atoms with E-state index in [4.69, 9.17) is 9.84 Å². The SMILES string of the molecule is CCCCCC/C=C\CCCCCCCCC(=O)OC(CCCCCCCCCC)CCCCCC(=O)O. The number of carboxylic acid groups (broad SMARTS) is 1. The van der Waals surface area contributed by atoms with Gasteiger partial charge in [-0.05, 0) is 64.2 Å². The molecule has 0 aromatic carbocycles. The molecule has 0 heterocycles. The summed E-state index contributed by atoms with van der Waals surface area (Å²) in [5.74, 6) is -0.763. The quantitative estimate of drug-likeness (QED) is 0.0563. The van der Waals surface area contributed by atoms with Gasteiger partial charge in [0.15, 0.2) is 0 Å². The zero-order valence-electron chi connectivity index (χ0n) is 25.5. The molecule has 0 amide bonds. The van der Waals surface area contributed by atoms with E-state index in [1.807, 2.05) is 0 Å². The maximum atomic E-state index is 12.5. The van der Waals surface area contributed by atoms with Gasteiger partial charge in [-0.2, -0.15) is 0 Å². The Morgan fingerprint density at radius 1 is 0.553 bits per heavy atom. The van der Waals surface area contributed by atoms with Crippen molar-refractivity contribution in [1.82, 2.24) is 0 Å². The van der Waals surface area contributed by atoms with Gasteiger partial charge in [-0.3, -0.25) is 9.59 Å². The van der Waals surface area contributed by atoms with Gasteiger partial charge >= 0.3 is 11.9 Å². The summed E-state index contributed by atoms with van der Waals surface area (Å²) in [6.45, 7) is 4.51. The maximum absolute atomic E-state index is 12.5. The molecule has 0 spiro atoms. The van der Waals surface area contributed by atoms with Crippen LogP contribution in [0.3, 0.4) is 0 Å². The second-order valence-corrected chi connectivity index (χ2v) is 11.3. The molecule has 1 atom stereocenters. The fourth-order valence-electron chi connectivity index (χ4n) is 5.00. The number of allylic oxidation sites excluding steroid dienone is 2. The second-order valence-electron chi connectivity index (χ2n) is 11.3. The molecule has 0 saturated carbocycles. The van der Waals surface area contributed by atoms with Crippen LogP contribution in [0, 0.1) is 0 Å². The number of carbonyl (C=O) groups excluding carboxylic acids is 1. The largest absolute Gasteiger partial charge is 0.481 e. The molecule has 1 N–H and O–H groups in total. The highest BCUT2D eigenvalue weighted by molar-refractivity contribution is 5.69. The number of carboxylic acids is 1. The van der Waals surface area contributed by atoms with Crippen LogP contribution in [0.25, 0.3) is 0 Å². The van der Waals surface area contributed by atoms with Gasteiger partial charge in [0.2, 0.25) is 0 Å². The fourth-order valence-corrected chi connectivity index (χ4v) is 5.00. The standard InChI is InChI=1S/C34H64O4/c1-3-5-7-9-11-13-14-15-16-17-18-20-22-27-31-34(37)38-32(29-25-23-26-30-33(35)36)28-24-21-19-12-10-8-6-4-2/h13-14,32H,3-12,15-31H2,1-2H3,(H,35,36)/b14-13-. The van der Waals surface area contributed by atoms with Crippen molar-refractivity contribution in [1.29, 1.82) is 0 Å². The molecule has 0 saturated heterocycles. The summed E-state index contributed by atoms with van der Waals surface area (Å²) in [5.41, 5.74) is 0. The summed E-state index contributed by atoms with van der Waals surface area (Å²) < 4.78 is 5.89. The minimum atomic E-state index is -0.725. The lowest BCUT2D eigenvalue weighted by molar-refractivity contribution is -0.150. The Morgan fingerprint density at radius 3 is 1.47 bits per heavy atom. The predicted octanol–water partition coefficient (Wildman–Crippen LogP) is 11.1. The summed E-state index contributed by atoms with van der Waals surface area (Å²) in [6, 6.07) is 0. The Morgan fingerprint density at radius 2 is 0.947 bits per heavy atom. The third kappa shape index (κ3) is 29.2. The highest BCUT2D eigenvalue weighted by Crippen LogP contribution is 2.18. The van der Waals surface area contributed by atoms with Crippen molar-refractivity contribution in [3.8, 4) is 0 Å². The van der Waals surface area contributed by atoms with Crippen LogP contribution in [-0.4, -0.2) is 23.1 Å². The number of unbranched alkanes of at least 4 members (excludes halogenated alkanes) is 19. The van der Waals surface area contributed by atoms with E-state index < -0.39 is 5.97 Å². The van der Waals surface area contributed by atoms with Crippen molar-refractivity contribution in [3.63, 3.8) is 0 Å². The molecule has 0 fully saturated rings. The van der Waals surface area contributed by atoms with Crippen LogP contribution in [0.1, 0.15) is 187 Å². The van der Waals surface area contributed by atoms with Crippen LogP contribution >= 0.6 is 0 Å². The lowest BCUT2D eigenvalue weighted by atomic mass is 10.0. The number of aliphatic carboxylic acids is 1. The van der Waals surface area contributed by atoms with Crippen LogP contribution in [0.2, 0.25) is 0 Å². The van der Waals surface area contributed by atoms with Gasteiger partial charge in [-0.1, -0.05) is 122 Å². The summed E-state index contributed by atoms with van der Waals surface area (Å²) in [6.07, 6.45) is 35.0. The Balaban J connectivity index is 3.93. The third-order valence-corrected chi connectivity index (χ3v) is 7.49. The summed E-state index contributed by atoms with van der Waals surface area (Å²) in [5, 5.41) is 8.83. The smallest absolute Gasteiger partial charge is 0.306 e. The highest BCUT2D eigenvalue weighted by Gasteiger charge is 2.14. The summed E-state index contributed by atoms with van der Waals surface area (Å²) in [4.78, 5) is 23.2. The van der Waals surface area contributed by atoms with Gasteiger partial charge in [-0.15, -0.1) is 0 Å². The second kappa shape index (κ2) is 30.2. The number of rotatable bonds is 30. The van der Waals surface area contributed by atoms with Crippen molar-refractivity contribution < 1.29 is 19.4 Å². The molecule has 0 aromatic rings. The molecule has 4 heteroatoms. The van der Waals surface area contributed by atoms with Crippen molar-refractivity contribution in [3.05, 3.63) is 12.2 Å². The minimum absolute atomic E-state index is 0.00659. The van der Waals surface area contributed by atoms with Crippen LogP contribution in [0.4, 0.5) is 0 Å². The molecule has 0 aliphatic heterocycles. The van der Waals surface area contributed by atoms with E-state index >= 15 is 0 Å². The molecular weight excluding hydrogens is 472 g/mol. The zero-order valence-corrected chi connectivity index (χ0v) is 25.5. The summed E-state index contributed by atoms with van der Waals surface area (Å²) >= 11 is 0.